The Bertz CT molecular complexity index is 1090. The van der Waals surface area contributed by atoms with Gasteiger partial charge >= 0.3 is 0 Å². The van der Waals surface area contributed by atoms with E-state index in [9.17, 15) is 4.79 Å². The normalized spacial score (nSPS) is 14.5. The maximum Gasteiger partial charge on any atom is 0.253 e. The number of nitrogens with zero attached hydrogens (tertiary/aromatic N) is 2. The third-order valence-corrected chi connectivity index (χ3v) is 5.99. The third kappa shape index (κ3) is 5.50. The van der Waals surface area contributed by atoms with Crippen LogP contribution in [-0.2, 0) is 11.3 Å². The number of H-pyrrole nitrogens is 1. The topological polar surface area (TPSA) is 60.6 Å². The molecule has 31 heavy (non-hydrogen) atoms. The first-order valence-corrected chi connectivity index (χ1v) is 11.0. The van der Waals surface area contributed by atoms with Crippen molar-refractivity contribution < 1.29 is 4.74 Å². The minimum absolute atomic E-state index is 0.0688. The number of hydrogen-bond donors (Lipinski definition) is 2. The van der Waals surface area contributed by atoms with Crippen molar-refractivity contribution in [3.05, 3.63) is 76.1 Å². The van der Waals surface area contributed by atoms with Gasteiger partial charge < -0.3 is 19.9 Å². The smallest absolute Gasteiger partial charge is 0.253 e. The second-order valence-corrected chi connectivity index (χ2v) is 8.22. The van der Waals surface area contributed by atoms with Crippen molar-refractivity contribution in [3.63, 3.8) is 0 Å². The van der Waals surface area contributed by atoms with Crippen LogP contribution in [0.25, 0.3) is 10.9 Å². The first-order valence-electron chi connectivity index (χ1n) is 10.6. The molecule has 7 heteroatoms. The van der Waals surface area contributed by atoms with E-state index in [1.54, 1.807) is 0 Å². The molecule has 0 saturated carbocycles. The van der Waals surface area contributed by atoms with E-state index in [1.807, 2.05) is 61.5 Å². The van der Waals surface area contributed by atoms with Gasteiger partial charge in [0, 0.05) is 37.4 Å². The first-order chi connectivity index (χ1) is 15.1. The van der Waals surface area contributed by atoms with Crippen LogP contribution in [0.5, 0.6) is 0 Å². The number of rotatable bonds is 6. The molecule has 1 aromatic heterocycles. The van der Waals surface area contributed by atoms with Crippen molar-refractivity contribution in [2.24, 2.45) is 0 Å². The Balaban J connectivity index is 1.55. The van der Waals surface area contributed by atoms with E-state index in [-0.39, 0.29) is 5.56 Å². The predicted molar refractivity (Wildman–Crippen MR) is 130 cm³/mol. The lowest BCUT2D eigenvalue weighted by atomic mass is 10.1. The maximum atomic E-state index is 12.8. The molecule has 1 saturated heterocycles. The van der Waals surface area contributed by atoms with E-state index >= 15 is 0 Å². The predicted octanol–water partition coefficient (Wildman–Crippen LogP) is 3.37. The fraction of sp³-hybridized carbons (Fsp3) is 0.333. The molecular formula is C24H28N4O2S. The summed E-state index contributed by atoms with van der Waals surface area (Å²) in [5.41, 5.74) is 3.53. The lowest BCUT2D eigenvalue weighted by Gasteiger charge is -2.31. The molecule has 3 aromatic rings. The number of fused-ring (bicyclic) bond motifs is 1. The number of hydrogen-bond acceptors (Lipinski definition) is 4. The number of para-hydroxylation sites is 2. The van der Waals surface area contributed by atoms with Crippen LogP contribution in [0.2, 0.25) is 0 Å². The zero-order chi connectivity index (χ0) is 21.6. The monoisotopic (exact) mass is 436 g/mol. The Hall–Kier alpha value is -2.74. The fourth-order valence-corrected chi connectivity index (χ4v) is 4.09. The van der Waals surface area contributed by atoms with E-state index in [4.69, 9.17) is 17.0 Å². The molecule has 162 valence electrons. The number of benzene rings is 2. The van der Waals surface area contributed by atoms with Crippen LogP contribution in [-0.4, -0.2) is 59.3 Å². The van der Waals surface area contributed by atoms with Crippen molar-refractivity contribution in [2.75, 3.05) is 44.7 Å². The van der Waals surface area contributed by atoms with Gasteiger partial charge in [0.25, 0.3) is 5.56 Å². The van der Waals surface area contributed by atoms with Crippen LogP contribution >= 0.6 is 12.2 Å². The molecule has 0 atom stereocenters. The molecular weight excluding hydrogens is 408 g/mol. The Kier molecular flexibility index (Phi) is 6.96. The summed E-state index contributed by atoms with van der Waals surface area (Å²) >= 11 is 5.74. The van der Waals surface area contributed by atoms with Crippen LogP contribution in [0.3, 0.4) is 0 Å². The molecule has 0 aliphatic carbocycles. The van der Waals surface area contributed by atoms with Gasteiger partial charge in [0.15, 0.2) is 5.11 Å². The molecule has 1 aliphatic heterocycles. The highest BCUT2D eigenvalue weighted by molar-refractivity contribution is 7.80. The minimum Gasteiger partial charge on any atom is -0.379 e. The van der Waals surface area contributed by atoms with Gasteiger partial charge in [-0.15, -0.1) is 0 Å². The average molecular weight is 437 g/mol. The zero-order valence-electron chi connectivity index (χ0n) is 17.8. The number of morpholine rings is 1. The maximum absolute atomic E-state index is 12.8. The van der Waals surface area contributed by atoms with Crippen molar-refractivity contribution in [1.82, 2.24) is 14.8 Å². The summed E-state index contributed by atoms with van der Waals surface area (Å²) in [4.78, 5) is 20.3. The van der Waals surface area contributed by atoms with Crippen LogP contribution in [0, 0.1) is 6.92 Å². The minimum atomic E-state index is -0.0688. The SMILES string of the molecule is Cc1cccc2cc(CN(CCN3CCOCC3)C(=S)Nc3ccccc3)c(=O)[nH]c12. The molecule has 0 radical (unpaired) electrons. The van der Waals surface area contributed by atoms with Gasteiger partial charge in [-0.2, -0.15) is 0 Å². The summed E-state index contributed by atoms with van der Waals surface area (Å²) in [7, 11) is 0. The number of thiocarbonyl (C=S) groups is 1. The molecule has 4 rings (SSSR count). The molecule has 0 bridgehead atoms. The summed E-state index contributed by atoms with van der Waals surface area (Å²) < 4.78 is 5.46. The third-order valence-electron chi connectivity index (χ3n) is 5.63. The molecule has 0 unspecified atom stereocenters. The van der Waals surface area contributed by atoms with E-state index in [1.165, 1.54) is 0 Å². The number of aromatic amines is 1. The number of aryl methyl sites for hydroxylation is 1. The molecule has 2 heterocycles. The summed E-state index contributed by atoms with van der Waals surface area (Å²) in [6.07, 6.45) is 0. The Morgan fingerprint density at radius 1 is 1.16 bits per heavy atom. The number of anilines is 1. The molecule has 2 aromatic carbocycles. The van der Waals surface area contributed by atoms with Gasteiger partial charge in [-0.25, -0.2) is 0 Å². The van der Waals surface area contributed by atoms with E-state index < -0.39 is 0 Å². The van der Waals surface area contributed by atoms with Gasteiger partial charge in [0.1, 0.15) is 0 Å². The highest BCUT2D eigenvalue weighted by Gasteiger charge is 2.17. The van der Waals surface area contributed by atoms with Gasteiger partial charge in [-0.3, -0.25) is 9.69 Å². The number of ether oxygens (including phenoxy) is 1. The van der Waals surface area contributed by atoms with Gasteiger partial charge in [0.2, 0.25) is 0 Å². The summed E-state index contributed by atoms with van der Waals surface area (Å²) in [6, 6.07) is 17.9. The van der Waals surface area contributed by atoms with Crippen molar-refractivity contribution in [1.29, 1.82) is 0 Å². The first kappa shape index (κ1) is 21.5. The van der Waals surface area contributed by atoms with Crippen LogP contribution < -0.4 is 10.9 Å². The second kappa shape index (κ2) is 10.0. The standard InChI is InChI=1S/C24H28N4O2S/c1-18-6-5-7-19-16-20(23(29)26-22(18)19)17-28(11-10-27-12-14-30-15-13-27)24(31)25-21-8-3-2-4-9-21/h2-9,16H,10-15,17H2,1H3,(H,25,31)(H,26,29). The van der Waals surface area contributed by atoms with Crippen LogP contribution in [0.15, 0.2) is 59.4 Å². The summed E-state index contributed by atoms with van der Waals surface area (Å²) in [5.74, 6) is 0. The van der Waals surface area contributed by atoms with E-state index in [0.29, 0.717) is 17.2 Å². The van der Waals surface area contributed by atoms with Crippen molar-refractivity contribution in [2.45, 2.75) is 13.5 Å². The average Bonchev–Trinajstić information content (AvgIpc) is 2.79. The largest absolute Gasteiger partial charge is 0.379 e. The Morgan fingerprint density at radius 2 is 1.94 bits per heavy atom. The molecule has 1 fully saturated rings. The molecule has 6 nitrogen and oxygen atoms in total. The lowest BCUT2D eigenvalue weighted by Crippen LogP contribution is -2.44. The molecule has 0 amide bonds. The Morgan fingerprint density at radius 3 is 2.71 bits per heavy atom. The summed E-state index contributed by atoms with van der Waals surface area (Å²) in [5, 5.41) is 4.96. The zero-order valence-corrected chi connectivity index (χ0v) is 18.6. The number of nitrogens with one attached hydrogen (secondary N) is 2. The summed E-state index contributed by atoms with van der Waals surface area (Å²) in [6.45, 7) is 7.40. The van der Waals surface area contributed by atoms with Crippen molar-refractivity contribution in [3.8, 4) is 0 Å². The Labute approximate surface area is 187 Å². The lowest BCUT2D eigenvalue weighted by molar-refractivity contribution is 0.0358. The number of aromatic nitrogens is 1. The molecule has 1 aliphatic rings. The highest BCUT2D eigenvalue weighted by Crippen LogP contribution is 2.16. The van der Waals surface area contributed by atoms with E-state index in [2.05, 4.69) is 20.1 Å². The van der Waals surface area contributed by atoms with E-state index in [0.717, 1.165) is 61.5 Å². The van der Waals surface area contributed by atoms with Gasteiger partial charge in [-0.1, -0.05) is 36.4 Å². The fourth-order valence-electron chi connectivity index (χ4n) is 3.81. The van der Waals surface area contributed by atoms with Crippen LogP contribution in [0.1, 0.15) is 11.1 Å². The quantitative estimate of drug-likeness (QED) is 0.578. The number of pyridine rings is 1. The van der Waals surface area contributed by atoms with Crippen LogP contribution in [0.4, 0.5) is 5.69 Å². The second-order valence-electron chi connectivity index (χ2n) is 7.83. The van der Waals surface area contributed by atoms with Gasteiger partial charge in [-0.05, 0) is 48.3 Å². The van der Waals surface area contributed by atoms with Crippen molar-refractivity contribution >= 4 is 33.9 Å². The highest BCUT2D eigenvalue weighted by atomic mass is 32.1. The molecule has 0 spiro atoms. The van der Waals surface area contributed by atoms with Gasteiger partial charge in [0.05, 0.1) is 25.3 Å². The molecule has 2 N–H and O–H groups in total.